The Hall–Kier alpha value is -2.55. The Bertz CT molecular complexity index is 677. The van der Waals surface area contributed by atoms with Crippen molar-refractivity contribution in [1.29, 1.82) is 0 Å². The number of rotatable bonds is 6. The topological polar surface area (TPSA) is 38.3 Å². The van der Waals surface area contributed by atoms with Crippen molar-refractivity contribution in [2.24, 2.45) is 0 Å². The number of ether oxygens (including phenoxy) is 1. The summed E-state index contributed by atoms with van der Waals surface area (Å²) in [7, 11) is 0. The zero-order chi connectivity index (χ0) is 15.9. The van der Waals surface area contributed by atoms with Gasteiger partial charge in [-0.25, -0.2) is 0 Å². The molecule has 0 aromatic heterocycles. The van der Waals surface area contributed by atoms with Crippen molar-refractivity contribution in [1.82, 2.24) is 5.32 Å². The molecule has 0 aliphatic carbocycles. The van der Waals surface area contributed by atoms with Crippen molar-refractivity contribution in [2.45, 2.75) is 20.4 Å². The molecule has 0 atom stereocenters. The normalized spacial score (nSPS) is 10.1. The fraction of sp³-hybridized carbons (Fsp3) is 0.211. The molecule has 0 spiro atoms. The lowest BCUT2D eigenvalue weighted by molar-refractivity contribution is 0.0950. The maximum Gasteiger partial charge on any atom is 0.251 e. The molecule has 114 valence electrons. The molecule has 3 nitrogen and oxygen atoms in total. The standard InChI is InChI=1S/C19H21NO2/c1-14(2)13-22-18-9-5-8-17(11-18)19(21)20-12-16-7-4-6-15(3)10-16/h4-11H,1,12-13H2,2-3H3,(H,20,21). The van der Waals surface area contributed by atoms with E-state index in [0.29, 0.717) is 24.5 Å². The molecule has 0 aliphatic heterocycles. The van der Waals surface area contributed by atoms with Gasteiger partial charge in [0.15, 0.2) is 0 Å². The fourth-order valence-electron chi connectivity index (χ4n) is 2.04. The van der Waals surface area contributed by atoms with Crippen molar-refractivity contribution in [3.05, 3.63) is 77.4 Å². The number of amides is 1. The average molecular weight is 295 g/mol. The number of hydrogen-bond acceptors (Lipinski definition) is 2. The molecule has 3 heteroatoms. The van der Waals surface area contributed by atoms with Gasteiger partial charge >= 0.3 is 0 Å². The summed E-state index contributed by atoms with van der Waals surface area (Å²) in [6.45, 7) is 8.69. The molecule has 0 fully saturated rings. The Morgan fingerprint density at radius 3 is 2.68 bits per heavy atom. The first-order valence-electron chi connectivity index (χ1n) is 7.25. The van der Waals surface area contributed by atoms with Crippen molar-refractivity contribution < 1.29 is 9.53 Å². The van der Waals surface area contributed by atoms with Gasteiger partial charge in [-0.1, -0.05) is 42.5 Å². The summed E-state index contributed by atoms with van der Waals surface area (Å²) >= 11 is 0. The number of nitrogens with one attached hydrogen (secondary N) is 1. The van der Waals surface area contributed by atoms with Crippen LogP contribution < -0.4 is 10.1 Å². The quantitative estimate of drug-likeness (QED) is 0.821. The zero-order valence-electron chi connectivity index (χ0n) is 13.1. The lowest BCUT2D eigenvalue weighted by atomic mass is 10.1. The predicted octanol–water partition coefficient (Wildman–Crippen LogP) is 3.88. The van der Waals surface area contributed by atoms with Gasteiger partial charge in [-0.05, 0) is 43.2 Å². The van der Waals surface area contributed by atoms with E-state index in [1.54, 1.807) is 12.1 Å². The van der Waals surface area contributed by atoms with E-state index in [0.717, 1.165) is 11.1 Å². The third kappa shape index (κ3) is 4.77. The second kappa shape index (κ2) is 7.46. The predicted molar refractivity (Wildman–Crippen MR) is 89.1 cm³/mol. The van der Waals surface area contributed by atoms with Gasteiger partial charge in [0.1, 0.15) is 12.4 Å². The van der Waals surface area contributed by atoms with Crippen LogP contribution in [0, 0.1) is 6.92 Å². The Labute approximate surface area is 131 Å². The van der Waals surface area contributed by atoms with Crippen molar-refractivity contribution in [3.8, 4) is 5.75 Å². The SMILES string of the molecule is C=C(C)COc1cccc(C(=O)NCc2cccc(C)c2)c1. The maximum absolute atomic E-state index is 12.2. The third-order valence-electron chi connectivity index (χ3n) is 3.12. The minimum absolute atomic E-state index is 0.109. The van der Waals surface area contributed by atoms with Crippen LogP contribution in [0.2, 0.25) is 0 Å². The fourth-order valence-corrected chi connectivity index (χ4v) is 2.04. The van der Waals surface area contributed by atoms with E-state index in [2.05, 4.69) is 18.0 Å². The van der Waals surface area contributed by atoms with Crippen LogP contribution in [0.3, 0.4) is 0 Å². The first kappa shape index (κ1) is 15.8. The number of hydrogen-bond donors (Lipinski definition) is 1. The molecule has 0 bridgehead atoms. The summed E-state index contributed by atoms with van der Waals surface area (Å²) in [5.74, 6) is 0.563. The van der Waals surface area contributed by atoms with Gasteiger partial charge in [0, 0.05) is 12.1 Å². The third-order valence-corrected chi connectivity index (χ3v) is 3.12. The van der Waals surface area contributed by atoms with Gasteiger partial charge in [-0.15, -0.1) is 0 Å². The van der Waals surface area contributed by atoms with Crippen LogP contribution in [0.5, 0.6) is 5.75 Å². The second-order valence-electron chi connectivity index (χ2n) is 5.45. The van der Waals surface area contributed by atoms with Crippen LogP contribution >= 0.6 is 0 Å². The molecule has 0 saturated carbocycles. The van der Waals surface area contributed by atoms with E-state index in [9.17, 15) is 4.79 Å². The molecule has 1 amide bonds. The summed E-state index contributed by atoms with van der Waals surface area (Å²) in [4.78, 5) is 12.2. The van der Waals surface area contributed by atoms with E-state index < -0.39 is 0 Å². The Morgan fingerprint density at radius 2 is 1.95 bits per heavy atom. The molecule has 2 aromatic rings. The highest BCUT2D eigenvalue weighted by Gasteiger charge is 2.06. The molecule has 0 unspecified atom stereocenters. The Kier molecular flexibility index (Phi) is 5.37. The highest BCUT2D eigenvalue weighted by atomic mass is 16.5. The number of carbonyl (C=O) groups excluding carboxylic acids is 1. The lowest BCUT2D eigenvalue weighted by Crippen LogP contribution is -2.22. The largest absolute Gasteiger partial charge is 0.489 e. The Morgan fingerprint density at radius 1 is 1.18 bits per heavy atom. The molecular weight excluding hydrogens is 274 g/mol. The van der Waals surface area contributed by atoms with Crippen LogP contribution in [0.4, 0.5) is 0 Å². The molecule has 2 aromatic carbocycles. The van der Waals surface area contributed by atoms with Gasteiger partial charge in [-0.2, -0.15) is 0 Å². The van der Waals surface area contributed by atoms with E-state index in [4.69, 9.17) is 4.74 Å². The van der Waals surface area contributed by atoms with E-state index in [1.165, 1.54) is 5.56 Å². The highest BCUT2D eigenvalue weighted by molar-refractivity contribution is 5.94. The Balaban J connectivity index is 1.97. The first-order chi connectivity index (χ1) is 10.5. The first-order valence-corrected chi connectivity index (χ1v) is 7.25. The van der Waals surface area contributed by atoms with Gasteiger partial charge in [0.25, 0.3) is 5.91 Å². The summed E-state index contributed by atoms with van der Waals surface area (Å²) in [5.41, 5.74) is 3.80. The van der Waals surface area contributed by atoms with E-state index in [1.807, 2.05) is 44.2 Å². The molecule has 0 radical (unpaired) electrons. The average Bonchev–Trinajstić information content (AvgIpc) is 2.51. The maximum atomic E-state index is 12.2. The minimum atomic E-state index is -0.109. The molecule has 0 aliphatic rings. The second-order valence-corrected chi connectivity index (χ2v) is 5.45. The summed E-state index contributed by atoms with van der Waals surface area (Å²) < 4.78 is 5.56. The molecule has 22 heavy (non-hydrogen) atoms. The number of benzene rings is 2. The lowest BCUT2D eigenvalue weighted by Gasteiger charge is -2.09. The van der Waals surface area contributed by atoms with Crippen molar-refractivity contribution in [2.75, 3.05) is 6.61 Å². The van der Waals surface area contributed by atoms with E-state index >= 15 is 0 Å². The molecule has 2 rings (SSSR count). The molecule has 1 N–H and O–H groups in total. The van der Waals surface area contributed by atoms with Gasteiger partial charge in [0.2, 0.25) is 0 Å². The van der Waals surface area contributed by atoms with Crippen molar-refractivity contribution >= 4 is 5.91 Å². The summed E-state index contributed by atoms with van der Waals surface area (Å²) in [6.07, 6.45) is 0. The van der Waals surface area contributed by atoms with Gasteiger partial charge in [-0.3, -0.25) is 4.79 Å². The molecule has 0 saturated heterocycles. The summed E-state index contributed by atoms with van der Waals surface area (Å²) in [6, 6.07) is 15.3. The van der Waals surface area contributed by atoms with Crippen LogP contribution in [-0.2, 0) is 6.54 Å². The summed E-state index contributed by atoms with van der Waals surface area (Å²) in [5, 5.41) is 2.92. The number of carbonyl (C=O) groups is 1. The molecule has 0 heterocycles. The zero-order valence-corrected chi connectivity index (χ0v) is 13.1. The van der Waals surface area contributed by atoms with Gasteiger partial charge < -0.3 is 10.1 Å². The number of aryl methyl sites for hydroxylation is 1. The van der Waals surface area contributed by atoms with Crippen molar-refractivity contribution in [3.63, 3.8) is 0 Å². The van der Waals surface area contributed by atoms with E-state index in [-0.39, 0.29) is 5.91 Å². The van der Waals surface area contributed by atoms with Gasteiger partial charge in [0.05, 0.1) is 0 Å². The smallest absolute Gasteiger partial charge is 0.251 e. The van der Waals surface area contributed by atoms with Crippen LogP contribution in [0.15, 0.2) is 60.7 Å². The minimum Gasteiger partial charge on any atom is -0.489 e. The molecular formula is C19H21NO2. The monoisotopic (exact) mass is 295 g/mol. The van der Waals surface area contributed by atoms with Crippen LogP contribution in [0.25, 0.3) is 0 Å². The van der Waals surface area contributed by atoms with Crippen LogP contribution in [-0.4, -0.2) is 12.5 Å². The van der Waals surface area contributed by atoms with Crippen LogP contribution in [0.1, 0.15) is 28.4 Å². The highest BCUT2D eigenvalue weighted by Crippen LogP contribution is 2.14.